The van der Waals surface area contributed by atoms with Crippen LogP contribution in [0.4, 0.5) is 0 Å². The van der Waals surface area contributed by atoms with E-state index in [-0.39, 0.29) is 0 Å². The lowest BCUT2D eigenvalue weighted by Crippen LogP contribution is -1.95. The average molecular weight is 345 g/mol. The quantitative estimate of drug-likeness (QED) is 0.434. The molecule has 0 fully saturated rings. The molecule has 1 aromatic heterocycles. The maximum Gasteiger partial charge on any atom is 0.145 e. The highest BCUT2D eigenvalue weighted by molar-refractivity contribution is 6.33. The van der Waals surface area contributed by atoms with Gasteiger partial charge >= 0.3 is 0 Å². The molecule has 0 aliphatic heterocycles. The Morgan fingerprint density at radius 2 is 1.48 bits per heavy atom. The van der Waals surface area contributed by atoms with Crippen LogP contribution in [0.5, 0.6) is 0 Å². The van der Waals surface area contributed by atoms with Gasteiger partial charge in [0.2, 0.25) is 0 Å². The second-order valence-electron chi connectivity index (χ2n) is 6.00. The Labute approximate surface area is 152 Å². The van der Waals surface area contributed by atoms with Crippen LogP contribution in [-0.4, -0.2) is 9.55 Å². The van der Waals surface area contributed by atoms with Crippen LogP contribution in [-0.2, 0) is 0 Å². The van der Waals surface area contributed by atoms with E-state index in [4.69, 9.17) is 16.6 Å². The van der Waals surface area contributed by atoms with Gasteiger partial charge in [-0.3, -0.25) is 4.57 Å². The Bertz CT molecular complexity index is 1000. The molecule has 122 valence electrons. The molecule has 0 amide bonds. The fourth-order valence-electron chi connectivity index (χ4n) is 2.87. The lowest BCUT2D eigenvalue weighted by molar-refractivity contribution is 1.07. The van der Waals surface area contributed by atoms with Gasteiger partial charge < -0.3 is 0 Å². The third-order valence-electron chi connectivity index (χ3n) is 4.20. The van der Waals surface area contributed by atoms with E-state index in [0.717, 1.165) is 28.3 Å². The molecule has 3 aromatic carbocycles. The van der Waals surface area contributed by atoms with Gasteiger partial charge in [-0.25, -0.2) is 4.98 Å². The van der Waals surface area contributed by atoms with Crippen LogP contribution >= 0.6 is 11.6 Å². The van der Waals surface area contributed by atoms with Crippen LogP contribution in [0.1, 0.15) is 5.56 Å². The minimum Gasteiger partial charge on any atom is -0.299 e. The molecule has 0 saturated carbocycles. The summed E-state index contributed by atoms with van der Waals surface area (Å²) in [5.74, 6) is 0.902. The first-order valence-corrected chi connectivity index (χ1v) is 8.57. The molecular formula is C22H17ClN2. The minimum atomic E-state index is 0.704. The average Bonchev–Trinajstić information content (AvgIpc) is 3.08. The van der Waals surface area contributed by atoms with E-state index in [1.54, 1.807) is 0 Å². The minimum absolute atomic E-state index is 0.704. The summed E-state index contributed by atoms with van der Waals surface area (Å²) in [6.07, 6.45) is 2.05. The third-order valence-corrected chi connectivity index (χ3v) is 4.53. The summed E-state index contributed by atoms with van der Waals surface area (Å²) >= 11 is 6.38. The first-order chi connectivity index (χ1) is 12.2. The highest BCUT2D eigenvalue weighted by Crippen LogP contribution is 2.31. The number of hydrogen-bond donors (Lipinski definition) is 0. The number of benzene rings is 3. The van der Waals surface area contributed by atoms with Crippen molar-refractivity contribution in [3.05, 3.63) is 95.6 Å². The van der Waals surface area contributed by atoms with Crippen molar-refractivity contribution in [3.8, 4) is 28.3 Å². The van der Waals surface area contributed by atoms with Crippen LogP contribution in [0.2, 0.25) is 5.02 Å². The van der Waals surface area contributed by atoms with Crippen LogP contribution in [0, 0.1) is 6.92 Å². The summed E-state index contributed by atoms with van der Waals surface area (Å²) in [6, 6.07) is 26.5. The molecule has 0 unspecified atom stereocenters. The molecule has 0 atom stereocenters. The van der Waals surface area contributed by atoms with Gasteiger partial charge in [-0.2, -0.15) is 0 Å². The predicted molar refractivity (Wildman–Crippen MR) is 104 cm³/mol. The van der Waals surface area contributed by atoms with Gasteiger partial charge in [0.05, 0.1) is 10.7 Å². The van der Waals surface area contributed by atoms with Crippen molar-refractivity contribution in [1.82, 2.24) is 9.55 Å². The maximum atomic E-state index is 6.38. The molecule has 4 rings (SSSR count). The van der Waals surface area contributed by atoms with Crippen molar-refractivity contribution in [2.24, 2.45) is 0 Å². The van der Waals surface area contributed by atoms with Gasteiger partial charge in [0.1, 0.15) is 5.82 Å². The first kappa shape index (κ1) is 15.7. The van der Waals surface area contributed by atoms with Gasteiger partial charge in [0, 0.05) is 23.0 Å². The third kappa shape index (κ3) is 3.09. The first-order valence-electron chi connectivity index (χ1n) is 8.19. The molecule has 2 nitrogen and oxygen atoms in total. The number of hydrogen-bond acceptors (Lipinski definition) is 1. The second kappa shape index (κ2) is 6.58. The number of aromatic nitrogens is 2. The van der Waals surface area contributed by atoms with Crippen LogP contribution in [0.15, 0.2) is 85.1 Å². The molecule has 1 heterocycles. The lowest BCUT2D eigenvalue weighted by Gasteiger charge is -2.08. The van der Waals surface area contributed by atoms with Crippen LogP contribution < -0.4 is 0 Å². The van der Waals surface area contributed by atoms with E-state index in [1.165, 1.54) is 5.56 Å². The van der Waals surface area contributed by atoms with Crippen molar-refractivity contribution >= 4 is 11.6 Å². The fraction of sp³-hybridized carbons (Fsp3) is 0.0455. The molecule has 4 aromatic rings. The standard InChI is InChI=1S/C22H17ClN2/c1-16-11-13-18(14-12-16)25-15-21(19-9-5-6-10-20(19)23)24-22(25)17-7-3-2-4-8-17/h2-15H,1H3. The zero-order valence-electron chi connectivity index (χ0n) is 13.9. The van der Waals surface area contributed by atoms with Crippen molar-refractivity contribution in [3.63, 3.8) is 0 Å². The van der Waals surface area contributed by atoms with E-state index in [0.29, 0.717) is 5.02 Å². The van der Waals surface area contributed by atoms with Crippen LogP contribution in [0.25, 0.3) is 28.3 Å². The molecule has 0 spiro atoms. The SMILES string of the molecule is Cc1ccc(-n2cc(-c3ccccc3Cl)nc2-c2ccccc2)cc1. The molecule has 0 aliphatic carbocycles. The molecule has 0 bridgehead atoms. The second-order valence-corrected chi connectivity index (χ2v) is 6.41. The van der Waals surface area contributed by atoms with Crippen molar-refractivity contribution in [2.75, 3.05) is 0 Å². The maximum absolute atomic E-state index is 6.38. The van der Waals surface area contributed by atoms with Gasteiger partial charge in [-0.05, 0) is 25.1 Å². The zero-order valence-corrected chi connectivity index (χ0v) is 14.6. The monoisotopic (exact) mass is 344 g/mol. The number of rotatable bonds is 3. The van der Waals surface area contributed by atoms with E-state index < -0.39 is 0 Å². The number of aryl methyl sites for hydroxylation is 1. The largest absolute Gasteiger partial charge is 0.299 e. The predicted octanol–water partition coefficient (Wildman–Crippen LogP) is 6.17. The molecule has 0 radical (unpaired) electrons. The van der Waals surface area contributed by atoms with E-state index in [2.05, 4.69) is 47.9 Å². The van der Waals surface area contributed by atoms with Crippen molar-refractivity contribution in [1.29, 1.82) is 0 Å². The van der Waals surface area contributed by atoms with E-state index in [9.17, 15) is 0 Å². The molecule has 0 saturated heterocycles. The number of nitrogens with zero attached hydrogens (tertiary/aromatic N) is 2. The Morgan fingerprint density at radius 3 is 2.20 bits per heavy atom. The Balaban J connectivity index is 1.92. The molecular weight excluding hydrogens is 328 g/mol. The normalized spacial score (nSPS) is 10.8. The van der Waals surface area contributed by atoms with Gasteiger partial charge in [-0.15, -0.1) is 0 Å². The Kier molecular flexibility index (Phi) is 4.12. The summed E-state index contributed by atoms with van der Waals surface area (Å²) in [7, 11) is 0. The number of halogens is 1. The Hall–Kier alpha value is -2.84. The van der Waals surface area contributed by atoms with Gasteiger partial charge in [0.25, 0.3) is 0 Å². The lowest BCUT2D eigenvalue weighted by atomic mass is 10.2. The number of imidazole rings is 1. The Morgan fingerprint density at radius 1 is 0.800 bits per heavy atom. The topological polar surface area (TPSA) is 17.8 Å². The van der Waals surface area contributed by atoms with Crippen molar-refractivity contribution in [2.45, 2.75) is 6.92 Å². The molecule has 0 N–H and O–H groups in total. The summed E-state index contributed by atoms with van der Waals surface area (Å²) in [5.41, 5.74) is 5.19. The summed E-state index contributed by atoms with van der Waals surface area (Å²) in [5, 5.41) is 0.704. The molecule has 0 aliphatic rings. The molecule has 3 heteroatoms. The van der Waals surface area contributed by atoms with Crippen molar-refractivity contribution < 1.29 is 0 Å². The van der Waals surface area contributed by atoms with Gasteiger partial charge in [0.15, 0.2) is 0 Å². The summed E-state index contributed by atoms with van der Waals surface area (Å²) in [4.78, 5) is 4.89. The van der Waals surface area contributed by atoms with E-state index in [1.807, 2.05) is 48.7 Å². The highest BCUT2D eigenvalue weighted by Gasteiger charge is 2.14. The fourth-order valence-corrected chi connectivity index (χ4v) is 3.10. The summed E-state index contributed by atoms with van der Waals surface area (Å²) < 4.78 is 2.12. The van der Waals surface area contributed by atoms with Gasteiger partial charge in [-0.1, -0.05) is 77.8 Å². The van der Waals surface area contributed by atoms with E-state index >= 15 is 0 Å². The van der Waals surface area contributed by atoms with Crippen LogP contribution in [0.3, 0.4) is 0 Å². The molecule has 25 heavy (non-hydrogen) atoms. The highest BCUT2D eigenvalue weighted by atomic mass is 35.5. The summed E-state index contributed by atoms with van der Waals surface area (Å²) in [6.45, 7) is 2.09. The smallest absolute Gasteiger partial charge is 0.145 e. The zero-order chi connectivity index (χ0) is 17.2.